The molecule has 0 bridgehead atoms. The van der Waals surface area contributed by atoms with Crippen LogP contribution in [0.5, 0.6) is 5.75 Å². The van der Waals surface area contributed by atoms with Gasteiger partial charge >= 0.3 is 0 Å². The molecule has 1 aliphatic heterocycles. The lowest BCUT2D eigenvalue weighted by molar-refractivity contribution is 0.0983. The molecule has 0 aromatic heterocycles. The van der Waals surface area contributed by atoms with Crippen LogP contribution in [0.25, 0.3) is 0 Å². The fourth-order valence-corrected chi connectivity index (χ4v) is 1.77. The van der Waals surface area contributed by atoms with E-state index in [2.05, 4.69) is 5.32 Å². The summed E-state index contributed by atoms with van der Waals surface area (Å²) in [6.45, 7) is 0.675. The molecule has 0 amide bonds. The average molecular weight is 212 g/mol. The summed E-state index contributed by atoms with van der Waals surface area (Å²) in [5, 5.41) is 3.65. The number of halogens is 1. The number of anilines is 1. The first kappa shape index (κ1) is 9.34. The van der Waals surface area contributed by atoms with Crippen LogP contribution in [0.1, 0.15) is 16.8 Å². The highest BCUT2D eigenvalue weighted by molar-refractivity contribution is 6.32. The molecule has 0 radical (unpaired) electrons. The van der Waals surface area contributed by atoms with Crippen LogP contribution in [0.2, 0.25) is 5.02 Å². The fourth-order valence-electron chi connectivity index (χ4n) is 1.53. The van der Waals surface area contributed by atoms with Crippen molar-refractivity contribution in [1.29, 1.82) is 0 Å². The number of nitrogens with one attached hydrogen (secondary N) is 1. The van der Waals surface area contributed by atoms with Crippen LogP contribution in [0, 0.1) is 0 Å². The van der Waals surface area contributed by atoms with Crippen LogP contribution in [-0.2, 0) is 0 Å². The van der Waals surface area contributed by atoms with Gasteiger partial charge in [0.25, 0.3) is 0 Å². The molecule has 2 rings (SSSR count). The van der Waals surface area contributed by atoms with Gasteiger partial charge in [-0.1, -0.05) is 11.6 Å². The average Bonchev–Trinajstić information content (AvgIpc) is 2.17. The summed E-state index contributed by atoms with van der Waals surface area (Å²) < 4.78 is 5.05. The van der Waals surface area contributed by atoms with Gasteiger partial charge in [0, 0.05) is 24.2 Å². The van der Waals surface area contributed by atoms with Gasteiger partial charge in [0.1, 0.15) is 5.75 Å². The zero-order valence-corrected chi connectivity index (χ0v) is 8.52. The van der Waals surface area contributed by atoms with Crippen LogP contribution in [-0.4, -0.2) is 19.4 Å². The molecule has 1 heterocycles. The van der Waals surface area contributed by atoms with E-state index in [1.165, 1.54) is 7.11 Å². The van der Waals surface area contributed by atoms with Crippen molar-refractivity contribution in [1.82, 2.24) is 0 Å². The van der Waals surface area contributed by atoms with Crippen molar-refractivity contribution in [3.63, 3.8) is 0 Å². The van der Waals surface area contributed by atoms with Crippen molar-refractivity contribution in [3.8, 4) is 5.75 Å². The Labute approximate surface area is 87.0 Å². The Hall–Kier alpha value is -1.22. The second-order valence-electron chi connectivity index (χ2n) is 3.13. The van der Waals surface area contributed by atoms with Gasteiger partial charge in [0.15, 0.2) is 5.78 Å². The molecule has 14 heavy (non-hydrogen) atoms. The zero-order chi connectivity index (χ0) is 10.1. The monoisotopic (exact) mass is 211 g/mol. The van der Waals surface area contributed by atoms with E-state index in [9.17, 15) is 4.79 Å². The SMILES string of the molecule is COc1cc2c(cc1Cl)NCCC2=O. The van der Waals surface area contributed by atoms with Crippen molar-refractivity contribution >= 4 is 23.1 Å². The molecule has 0 unspecified atom stereocenters. The third kappa shape index (κ3) is 1.44. The predicted molar refractivity (Wildman–Crippen MR) is 55.4 cm³/mol. The highest BCUT2D eigenvalue weighted by atomic mass is 35.5. The van der Waals surface area contributed by atoms with Gasteiger partial charge in [-0.15, -0.1) is 0 Å². The first-order valence-corrected chi connectivity index (χ1v) is 4.75. The molecule has 0 saturated carbocycles. The molecule has 0 spiro atoms. The first-order chi connectivity index (χ1) is 6.72. The summed E-state index contributed by atoms with van der Waals surface area (Å²) in [6, 6.07) is 3.42. The molecule has 1 aliphatic rings. The highest BCUT2D eigenvalue weighted by Gasteiger charge is 2.18. The van der Waals surface area contributed by atoms with Crippen molar-refractivity contribution in [2.24, 2.45) is 0 Å². The van der Waals surface area contributed by atoms with Gasteiger partial charge in [-0.05, 0) is 12.1 Å². The molecular weight excluding hydrogens is 202 g/mol. The van der Waals surface area contributed by atoms with Crippen LogP contribution in [0.3, 0.4) is 0 Å². The Kier molecular flexibility index (Phi) is 2.33. The summed E-state index contributed by atoms with van der Waals surface area (Å²) in [4.78, 5) is 11.5. The maximum atomic E-state index is 11.5. The summed E-state index contributed by atoms with van der Waals surface area (Å²) in [5.74, 6) is 0.677. The van der Waals surface area contributed by atoms with Crippen LogP contribution in [0.4, 0.5) is 5.69 Å². The Morgan fingerprint density at radius 3 is 3.00 bits per heavy atom. The van der Waals surface area contributed by atoms with Crippen molar-refractivity contribution < 1.29 is 9.53 Å². The Balaban J connectivity index is 2.54. The number of ketones is 1. The number of carbonyl (C=O) groups excluding carboxylic acids is 1. The molecule has 74 valence electrons. The Morgan fingerprint density at radius 1 is 1.50 bits per heavy atom. The smallest absolute Gasteiger partial charge is 0.166 e. The predicted octanol–water partition coefficient (Wildman–Crippen LogP) is 2.35. The number of methoxy groups -OCH3 is 1. The molecule has 3 nitrogen and oxygen atoms in total. The largest absolute Gasteiger partial charge is 0.495 e. The number of rotatable bonds is 1. The van der Waals surface area contributed by atoms with Crippen molar-refractivity contribution in [2.45, 2.75) is 6.42 Å². The molecule has 0 saturated heterocycles. The third-order valence-corrected chi connectivity index (χ3v) is 2.56. The second-order valence-corrected chi connectivity index (χ2v) is 3.54. The molecule has 1 aromatic carbocycles. The number of fused-ring (bicyclic) bond motifs is 1. The molecular formula is C10H10ClNO2. The molecule has 4 heteroatoms. The third-order valence-electron chi connectivity index (χ3n) is 2.26. The second kappa shape index (κ2) is 3.50. The van der Waals surface area contributed by atoms with E-state index < -0.39 is 0 Å². The maximum absolute atomic E-state index is 11.5. The minimum atomic E-state index is 0.133. The normalized spacial score (nSPS) is 14.6. The summed E-state index contributed by atoms with van der Waals surface area (Å²) in [6.07, 6.45) is 0.526. The van der Waals surface area contributed by atoms with Gasteiger partial charge in [-0.25, -0.2) is 0 Å². The van der Waals surface area contributed by atoms with E-state index >= 15 is 0 Å². The summed E-state index contributed by atoms with van der Waals surface area (Å²) in [5.41, 5.74) is 1.46. The lowest BCUT2D eigenvalue weighted by atomic mass is 10.0. The Morgan fingerprint density at radius 2 is 2.29 bits per heavy atom. The minimum absolute atomic E-state index is 0.133. The minimum Gasteiger partial charge on any atom is -0.495 e. The van der Waals surface area contributed by atoms with Gasteiger partial charge < -0.3 is 10.1 Å². The fraction of sp³-hybridized carbons (Fsp3) is 0.300. The Bertz CT molecular complexity index is 390. The number of ether oxygens (including phenoxy) is 1. The van der Waals surface area contributed by atoms with Gasteiger partial charge in [-0.2, -0.15) is 0 Å². The lowest BCUT2D eigenvalue weighted by Crippen LogP contribution is -2.17. The molecule has 1 aromatic rings. The lowest BCUT2D eigenvalue weighted by Gasteiger charge is -2.18. The van der Waals surface area contributed by atoms with Crippen LogP contribution < -0.4 is 10.1 Å². The standard InChI is InChI=1S/C10H10ClNO2/c1-14-10-4-6-8(5-7(10)11)12-3-2-9(6)13/h4-5,12H,2-3H2,1H3. The maximum Gasteiger partial charge on any atom is 0.166 e. The number of hydrogen-bond acceptors (Lipinski definition) is 3. The number of hydrogen-bond donors (Lipinski definition) is 1. The van der Waals surface area contributed by atoms with E-state index in [1.807, 2.05) is 0 Å². The van der Waals surface area contributed by atoms with Gasteiger partial charge in [0.05, 0.1) is 12.1 Å². The summed E-state index contributed by atoms with van der Waals surface area (Å²) >= 11 is 5.93. The van der Waals surface area contributed by atoms with E-state index in [-0.39, 0.29) is 5.78 Å². The molecule has 0 aliphatic carbocycles. The molecule has 0 fully saturated rings. The molecule has 0 atom stereocenters. The topological polar surface area (TPSA) is 38.3 Å². The first-order valence-electron chi connectivity index (χ1n) is 4.37. The molecule has 1 N–H and O–H groups in total. The van der Waals surface area contributed by atoms with E-state index in [0.29, 0.717) is 29.3 Å². The van der Waals surface area contributed by atoms with Gasteiger partial charge in [0.2, 0.25) is 0 Å². The van der Waals surface area contributed by atoms with Crippen LogP contribution in [0.15, 0.2) is 12.1 Å². The quantitative estimate of drug-likeness (QED) is 0.775. The number of Topliss-reactive ketones (excluding diaryl/α,β-unsaturated/α-hetero) is 1. The van der Waals surface area contributed by atoms with Crippen molar-refractivity contribution in [2.75, 3.05) is 19.0 Å². The van der Waals surface area contributed by atoms with Crippen LogP contribution >= 0.6 is 11.6 Å². The zero-order valence-electron chi connectivity index (χ0n) is 7.76. The van der Waals surface area contributed by atoms with E-state index in [4.69, 9.17) is 16.3 Å². The summed E-state index contributed by atoms with van der Waals surface area (Å²) in [7, 11) is 1.54. The van der Waals surface area contributed by atoms with E-state index in [0.717, 1.165) is 5.69 Å². The van der Waals surface area contributed by atoms with Gasteiger partial charge in [-0.3, -0.25) is 4.79 Å². The van der Waals surface area contributed by atoms with Crippen molar-refractivity contribution in [3.05, 3.63) is 22.7 Å². The number of carbonyl (C=O) groups is 1. The number of benzene rings is 1. The highest BCUT2D eigenvalue weighted by Crippen LogP contribution is 2.33. The van der Waals surface area contributed by atoms with E-state index in [1.54, 1.807) is 12.1 Å².